The number of aromatic nitrogens is 7. The minimum atomic E-state index is -0.683. The zero-order valence-corrected chi connectivity index (χ0v) is 29.6. The third kappa shape index (κ3) is 8.42. The van der Waals surface area contributed by atoms with Gasteiger partial charge < -0.3 is 20.4 Å². The van der Waals surface area contributed by atoms with Crippen molar-refractivity contribution in [2.45, 2.75) is 73.2 Å². The Morgan fingerprint density at radius 2 is 1.33 bits per heavy atom. The van der Waals surface area contributed by atoms with Crippen LogP contribution >= 0.6 is 46.1 Å². The molecule has 2 aliphatic rings. The van der Waals surface area contributed by atoms with Crippen LogP contribution in [0.2, 0.25) is 0 Å². The molecule has 0 aliphatic carbocycles. The molecule has 0 radical (unpaired) electrons. The van der Waals surface area contributed by atoms with Crippen molar-refractivity contribution >= 4 is 46.1 Å². The normalized spacial score (nSPS) is 23.7. The molecular formula is C28H38IN7O8S2. The Morgan fingerprint density at radius 1 is 0.870 bits per heavy atom. The summed E-state index contributed by atoms with van der Waals surface area (Å²) < 4.78 is 6.51. The smallest absolute Gasteiger partial charge is 0.332 e. The Labute approximate surface area is 286 Å². The summed E-state index contributed by atoms with van der Waals surface area (Å²) in [6, 6.07) is 0. The topological polar surface area (TPSA) is 200 Å². The molecule has 46 heavy (non-hydrogen) atoms. The monoisotopic (exact) mass is 789 g/mol. The number of alkyl halides is 1. The number of aliphatic hydroxyl groups is 4. The first-order valence-corrected chi connectivity index (χ1v) is 18.1. The second kappa shape index (κ2) is 16.9. The molecule has 252 valence electrons. The van der Waals surface area contributed by atoms with Crippen molar-refractivity contribution in [2.75, 3.05) is 18.1 Å². The molecule has 4 unspecified atom stereocenters. The van der Waals surface area contributed by atoms with E-state index in [0.717, 1.165) is 9.13 Å². The lowest BCUT2D eigenvalue weighted by atomic mass is 10.2. The Morgan fingerprint density at radius 3 is 1.72 bits per heavy atom. The van der Waals surface area contributed by atoms with Crippen molar-refractivity contribution in [3.63, 3.8) is 0 Å². The number of hydrogen-bond acceptors (Lipinski definition) is 12. The molecule has 5 rings (SSSR count). The molecule has 18 heteroatoms. The summed E-state index contributed by atoms with van der Waals surface area (Å²) in [5.41, 5.74) is -0.346. The predicted molar refractivity (Wildman–Crippen MR) is 185 cm³/mol. The predicted octanol–water partition coefficient (Wildman–Crippen LogP) is -0.787. The summed E-state index contributed by atoms with van der Waals surface area (Å²) >= 11 is 4.81. The van der Waals surface area contributed by atoms with Crippen LogP contribution < -0.4 is 22.5 Å². The lowest BCUT2D eigenvalue weighted by Crippen LogP contribution is -2.41. The van der Waals surface area contributed by atoms with Crippen LogP contribution in [0.1, 0.15) is 40.4 Å². The van der Waals surface area contributed by atoms with Crippen LogP contribution in [-0.4, -0.2) is 94.5 Å². The van der Waals surface area contributed by atoms with E-state index in [0.29, 0.717) is 29.7 Å². The van der Waals surface area contributed by atoms with Crippen LogP contribution in [0.15, 0.2) is 37.8 Å². The lowest BCUT2D eigenvalue weighted by Gasteiger charge is -2.16. The van der Waals surface area contributed by atoms with Gasteiger partial charge in [0.1, 0.15) is 5.69 Å². The number of thioether (sulfide) groups is 2. The van der Waals surface area contributed by atoms with Crippen molar-refractivity contribution < 1.29 is 20.4 Å². The number of halogens is 1. The summed E-state index contributed by atoms with van der Waals surface area (Å²) in [6.45, 7) is 2.91. The Kier molecular flexibility index (Phi) is 13.9. The van der Waals surface area contributed by atoms with E-state index in [9.17, 15) is 34.5 Å². The second-order valence-electron chi connectivity index (χ2n) is 10.6. The molecule has 4 N–H and O–H groups in total. The van der Waals surface area contributed by atoms with Crippen LogP contribution in [0.4, 0.5) is 0 Å². The number of aliphatic hydroxyl groups excluding tert-OH is 4. The van der Waals surface area contributed by atoms with Gasteiger partial charge in [-0.05, 0) is 18.8 Å². The van der Waals surface area contributed by atoms with E-state index < -0.39 is 29.1 Å². The zero-order valence-electron chi connectivity index (χ0n) is 25.8. The Bertz CT molecular complexity index is 1780. The van der Waals surface area contributed by atoms with Gasteiger partial charge in [-0.2, -0.15) is 0 Å². The highest BCUT2D eigenvalue weighted by Crippen LogP contribution is 2.41. The molecular weight excluding hydrogens is 751 g/mol. The average Bonchev–Trinajstić information content (AvgIpc) is 3.75. The molecule has 15 nitrogen and oxygen atoms in total. The maximum atomic E-state index is 12.8. The molecule has 2 saturated heterocycles. The molecule has 6 atom stereocenters. The SMILES string of the molecule is C#CCn1c(=O)c(C)cn(C2CC(O)[C@@H](CO)S2)c1=O.Cc1cn(C2CC(O)[C@@H](CO)S2)c(=O)n(Cc2cn([11CH3])nn2)c1=O.[11CH3]I. The van der Waals surface area contributed by atoms with Gasteiger partial charge in [0.25, 0.3) is 11.1 Å². The van der Waals surface area contributed by atoms with E-state index in [1.54, 1.807) is 27.1 Å². The van der Waals surface area contributed by atoms with Crippen LogP contribution in [0.5, 0.6) is 0 Å². The number of terminal acetylenes is 1. The fourth-order valence-electron chi connectivity index (χ4n) is 5.03. The minimum absolute atomic E-state index is 0.0382. The Balaban J connectivity index is 0.000000241. The van der Waals surface area contributed by atoms with Gasteiger partial charge in [0.2, 0.25) is 0 Å². The second-order valence-corrected chi connectivity index (χ2v) is 13.4. The van der Waals surface area contributed by atoms with Gasteiger partial charge in [0.05, 0.1) is 59.8 Å². The molecule has 2 aliphatic heterocycles. The van der Waals surface area contributed by atoms with Crippen LogP contribution in [0, 0.1) is 26.2 Å². The summed E-state index contributed by atoms with van der Waals surface area (Å²) in [5.74, 6) is 2.29. The summed E-state index contributed by atoms with van der Waals surface area (Å²) in [6.07, 6.45) is 9.18. The first-order valence-electron chi connectivity index (χ1n) is 14.1. The number of hydrogen-bond donors (Lipinski definition) is 4. The first kappa shape index (κ1) is 37.8. The molecule has 3 aromatic heterocycles. The minimum Gasteiger partial charge on any atom is -0.395 e. The largest absolute Gasteiger partial charge is 0.395 e. The molecule has 0 amide bonds. The van der Waals surface area contributed by atoms with Gasteiger partial charge in [-0.15, -0.1) is 35.0 Å². The summed E-state index contributed by atoms with van der Waals surface area (Å²) in [4.78, 5) is 51.3. The van der Waals surface area contributed by atoms with Gasteiger partial charge in [-0.25, -0.2) is 14.2 Å². The van der Waals surface area contributed by atoms with E-state index in [-0.39, 0.29) is 53.1 Å². The van der Waals surface area contributed by atoms with Gasteiger partial charge in [0.15, 0.2) is 0 Å². The number of aryl methyl sites for hydroxylation is 3. The van der Waals surface area contributed by atoms with Crippen molar-refractivity contribution in [3.8, 4) is 12.3 Å². The van der Waals surface area contributed by atoms with Gasteiger partial charge >= 0.3 is 11.4 Å². The molecule has 0 bridgehead atoms. The number of rotatable bonds is 7. The highest BCUT2D eigenvalue weighted by molar-refractivity contribution is 14.1. The van der Waals surface area contributed by atoms with Crippen LogP contribution in [0.25, 0.3) is 0 Å². The Hall–Kier alpha value is -2.67. The zero-order chi connectivity index (χ0) is 34.3. The molecule has 0 aromatic carbocycles. The molecule has 5 heterocycles. The van der Waals surface area contributed by atoms with Gasteiger partial charge in [-0.3, -0.25) is 28.0 Å². The summed E-state index contributed by atoms with van der Waals surface area (Å²) in [5, 5.41) is 44.6. The highest BCUT2D eigenvalue weighted by atomic mass is 127. The maximum absolute atomic E-state index is 12.8. The number of nitrogens with zero attached hydrogens (tertiary/aromatic N) is 7. The molecule has 3 aromatic rings. The third-order valence-electron chi connectivity index (χ3n) is 7.34. The van der Waals surface area contributed by atoms with E-state index in [1.807, 2.05) is 4.93 Å². The van der Waals surface area contributed by atoms with Crippen LogP contribution in [-0.2, 0) is 20.1 Å². The first-order chi connectivity index (χ1) is 21.9. The van der Waals surface area contributed by atoms with E-state index in [2.05, 4.69) is 38.8 Å². The quantitative estimate of drug-likeness (QED) is 0.133. The maximum Gasteiger partial charge on any atom is 0.332 e. The summed E-state index contributed by atoms with van der Waals surface area (Å²) in [7, 11) is 1.71. The molecule has 0 spiro atoms. The van der Waals surface area contributed by atoms with Gasteiger partial charge in [-0.1, -0.05) is 33.7 Å². The highest BCUT2D eigenvalue weighted by Gasteiger charge is 2.36. The van der Waals surface area contributed by atoms with E-state index >= 15 is 0 Å². The van der Waals surface area contributed by atoms with Gasteiger partial charge in [0, 0.05) is 49.6 Å². The van der Waals surface area contributed by atoms with Crippen LogP contribution in [0.3, 0.4) is 0 Å². The lowest BCUT2D eigenvalue weighted by molar-refractivity contribution is 0.137. The standard InChI is InChI=1S/C14H19N5O4S.C13H16N2O4S.CH3I/c1-8-4-18(12-3-10(21)11(7-20)24-12)14(23)19(13(8)22)6-9-5-17(2)16-15-9;1-3-4-14-12(18)8(2)6-15(13(14)19)11-5-9(17)10(7-16)20-11;1-2/h4-5,10-12,20-21H,3,6-7H2,1-2H3;1,6,9-11,16-17H,4-5,7H2,2H3;1H3/t10?,11-,12?;9?,10-,11?;/m11./s1/i2-1;;1-1. The fraction of sp³-hybridized carbons (Fsp3) is 0.571. The average molecular weight is 790 g/mol. The molecule has 0 saturated carbocycles. The van der Waals surface area contributed by atoms with Crippen molar-refractivity contribution in [1.82, 2.24) is 33.3 Å². The van der Waals surface area contributed by atoms with E-state index in [4.69, 9.17) is 11.5 Å². The van der Waals surface area contributed by atoms with Crippen molar-refractivity contribution in [1.29, 1.82) is 0 Å². The third-order valence-corrected chi connectivity index (χ3v) is 10.4. The van der Waals surface area contributed by atoms with Crippen molar-refractivity contribution in [2.24, 2.45) is 7.05 Å². The van der Waals surface area contributed by atoms with E-state index in [1.165, 1.54) is 49.7 Å². The fourth-order valence-corrected chi connectivity index (χ4v) is 7.77. The molecule has 2 fully saturated rings. The van der Waals surface area contributed by atoms with Crippen molar-refractivity contribution in [3.05, 3.63) is 77.1 Å².